The first-order chi connectivity index (χ1) is 16.9. The second-order valence-electron chi connectivity index (χ2n) is 7.54. The number of carbonyl (C=O) groups excluding carboxylic acids is 2. The van der Waals surface area contributed by atoms with E-state index in [1.165, 1.54) is 18.2 Å². The maximum atomic E-state index is 12.7. The number of aryl methyl sites for hydroxylation is 1. The second-order valence-corrected chi connectivity index (χ2v) is 8.32. The third-order valence-electron chi connectivity index (χ3n) is 4.78. The van der Waals surface area contributed by atoms with E-state index in [0.29, 0.717) is 22.6 Å². The third-order valence-corrected chi connectivity index (χ3v) is 5.54. The zero-order valence-corrected chi connectivity index (χ0v) is 20.7. The average molecular weight is 537 g/mol. The Kier molecular flexibility index (Phi) is 9.88. The Morgan fingerprint density at radius 3 is 2.06 bits per heavy atom. The van der Waals surface area contributed by atoms with Gasteiger partial charge in [0.2, 0.25) is 5.91 Å². The lowest BCUT2D eigenvalue weighted by Gasteiger charge is -2.17. The van der Waals surface area contributed by atoms with Crippen molar-refractivity contribution in [2.24, 2.45) is 11.5 Å². The summed E-state index contributed by atoms with van der Waals surface area (Å²) in [6.07, 6.45) is 0.374. The van der Waals surface area contributed by atoms with Crippen molar-refractivity contribution in [1.82, 2.24) is 5.32 Å². The van der Waals surface area contributed by atoms with E-state index in [1.54, 1.807) is 6.07 Å². The fourth-order valence-corrected chi connectivity index (χ4v) is 4.08. The van der Waals surface area contributed by atoms with E-state index in [4.69, 9.17) is 50.6 Å². The number of carboxylic acids is 1. The van der Waals surface area contributed by atoms with Crippen molar-refractivity contribution < 1.29 is 19.5 Å². The molecule has 0 aromatic heterocycles. The molecule has 2 aromatic carbocycles. The van der Waals surface area contributed by atoms with E-state index in [1.807, 2.05) is 6.92 Å². The molecule has 2 amide bonds. The molecule has 0 aliphatic heterocycles. The molecule has 0 unspecified atom stereocenters. The van der Waals surface area contributed by atoms with Gasteiger partial charge in [-0.05, 0) is 48.2 Å². The Bertz CT molecular complexity index is 1180. The number of guanidine groups is 2. The molecule has 36 heavy (non-hydrogen) atoms. The molecule has 12 nitrogen and oxygen atoms in total. The van der Waals surface area contributed by atoms with E-state index in [-0.39, 0.29) is 52.4 Å². The number of carbonyl (C=O) groups is 3. The highest BCUT2D eigenvalue weighted by Gasteiger charge is 2.19. The molecule has 0 saturated heterocycles. The van der Waals surface area contributed by atoms with Crippen LogP contribution in [0.15, 0.2) is 24.3 Å². The molecule has 0 aliphatic carbocycles. The standard InChI is InChI=1S/C22H26Cl2N8O4/c1-2-14-15(23)7-10(3-4-17(34)35)19(18(14)24)32-16(33)9-29-20(36)11-5-12(30-21(25)26)8-13(6-11)31-22(27)28/h5-8H,2-4,9H2,1H3,(H,29,36)(H,32,33)(H,34,35)(H4,25,26,30)(H4,27,28,31). The number of nitrogens with two attached hydrogens (primary N) is 2. The summed E-state index contributed by atoms with van der Waals surface area (Å²) in [4.78, 5) is 36.4. The van der Waals surface area contributed by atoms with Crippen molar-refractivity contribution in [1.29, 1.82) is 10.8 Å². The highest BCUT2D eigenvalue weighted by molar-refractivity contribution is 6.38. The molecule has 14 heteroatoms. The fraction of sp³-hybridized carbons (Fsp3) is 0.227. The summed E-state index contributed by atoms with van der Waals surface area (Å²) in [6, 6.07) is 5.85. The zero-order valence-electron chi connectivity index (χ0n) is 19.2. The van der Waals surface area contributed by atoms with Crippen LogP contribution in [0.5, 0.6) is 0 Å². The molecule has 0 aliphatic rings. The van der Waals surface area contributed by atoms with Gasteiger partial charge < -0.3 is 37.8 Å². The minimum absolute atomic E-state index is 0.0859. The maximum absolute atomic E-state index is 12.7. The van der Waals surface area contributed by atoms with Crippen LogP contribution in [0.2, 0.25) is 10.0 Å². The topological polar surface area (TPSA) is 219 Å². The van der Waals surface area contributed by atoms with Gasteiger partial charge in [-0.1, -0.05) is 30.1 Å². The van der Waals surface area contributed by atoms with Crippen LogP contribution >= 0.6 is 23.2 Å². The normalized spacial score (nSPS) is 10.3. The van der Waals surface area contributed by atoms with E-state index < -0.39 is 24.3 Å². The van der Waals surface area contributed by atoms with Gasteiger partial charge in [-0.3, -0.25) is 25.2 Å². The smallest absolute Gasteiger partial charge is 0.303 e. The van der Waals surface area contributed by atoms with Gasteiger partial charge in [-0.25, -0.2) is 0 Å². The molecule has 0 spiro atoms. The molecule has 0 radical (unpaired) electrons. The van der Waals surface area contributed by atoms with Gasteiger partial charge in [0.25, 0.3) is 5.91 Å². The van der Waals surface area contributed by atoms with Crippen molar-refractivity contribution in [2.45, 2.75) is 26.2 Å². The summed E-state index contributed by atoms with van der Waals surface area (Å²) in [5.74, 6) is -3.00. The molecule has 0 atom stereocenters. The van der Waals surface area contributed by atoms with Crippen LogP contribution in [-0.4, -0.2) is 41.4 Å². The third kappa shape index (κ3) is 8.03. The van der Waals surface area contributed by atoms with E-state index >= 15 is 0 Å². The number of halogens is 2. The number of hydrogen-bond donors (Lipinski definition) is 9. The Morgan fingerprint density at radius 2 is 1.56 bits per heavy atom. The number of rotatable bonds is 10. The maximum Gasteiger partial charge on any atom is 0.303 e. The molecule has 2 rings (SSSR count). The Hall–Kier alpha value is -4.03. The molecule has 0 saturated carbocycles. The fourth-order valence-electron chi connectivity index (χ4n) is 3.27. The van der Waals surface area contributed by atoms with Crippen molar-refractivity contribution in [3.8, 4) is 0 Å². The van der Waals surface area contributed by atoms with E-state index in [0.717, 1.165) is 0 Å². The number of carboxylic acid groups (broad SMARTS) is 1. The molecular weight excluding hydrogens is 511 g/mol. The Balaban J connectivity index is 2.21. The lowest BCUT2D eigenvalue weighted by molar-refractivity contribution is -0.137. The number of nitrogens with one attached hydrogen (secondary N) is 6. The van der Waals surface area contributed by atoms with Crippen LogP contribution in [0, 0.1) is 10.8 Å². The van der Waals surface area contributed by atoms with Crippen LogP contribution < -0.4 is 32.7 Å². The number of anilines is 3. The number of benzene rings is 2. The second kappa shape index (κ2) is 12.6. The minimum Gasteiger partial charge on any atom is -0.481 e. The predicted molar refractivity (Wildman–Crippen MR) is 140 cm³/mol. The first kappa shape index (κ1) is 28.2. The summed E-state index contributed by atoms with van der Waals surface area (Å²) in [5.41, 5.74) is 12.6. The van der Waals surface area contributed by atoms with Gasteiger partial charge in [0, 0.05) is 28.4 Å². The van der Waals surface area contributed by atoms with Gasteiger partial charge in [-0.2, -0.15) is 0 Å². The summed E-state index contributed by atoms with van der Waals surface area (Å²) >= 11 is 12.7. The lowest BCUT2D eigenvalue weighted by atomic mass is 10.0. The van der Waals surface area contributed by atoms with Gasteiger partial charge in [0.05, 0.1) is 17.3 Å². The number of hydrogen-bond acceptors (Lipinski definition) is 5. The number of aliphatic carboxylic acids is 1. The predicted octanol–water partition coefficient (Wildman–Crippen LogP) is 2.55. The Morgan fingerprint density at radius 1 is 0.972 bits per heavy atom. The minimum atomic E-state index is -1.02. The average Bonchev–Trinajstić information content (AvgIpc) is 2.77. The molecule has 192 valence electrons. The highest BCUT2D eigenvalue weighted by Crippen LogP contribution is 2.36. The largest absolute Gasteiger partial charge is 0.481 e. The van der Waals surface area contributed by atoms with Gasteiger partial charge in [0.1, 0.15) is 0 Å². The monoisotopic (exact) mass is 536 g/mol. The van der Waals surface area contributed by atoms with Gasteiger partial charge in [0.15, 0.2) is 11.9 Å². The summed E-state index contributed by atoms with van der Waals surface area (Å²) < 4.78 is 0. The van der Waals surface area contributed by atoms with Crippen molar-refractivity contribution in [3.05, 3.63) is 51.0 Å². The summed E-state index contributed by atoms with van der Waals surface area (Å²) in [6.45, 7) is 1.40. The quantitative estimate of drug-likeness (QED) is 0.162. The first-order valence-electron chi connectivity index (χ1n) is 10.6. The van der Waals surface area contributed by atoms with Crippen LogP contribution in [-0.2, 0) is 22.4 Å². The molecule has 0 bridgehead atoms. The molecular formula is C22H26Cl2N8O4. The Labute approximate surface area is 216 Å². The van der Waals surface area contributed by atoms with E-state index in [2.05, 4.69) is 21.3 Å². The van der Waals surface area contributed by atoms with Crippen molar-refractivity contribution >= 4 is 70.0 Å². The summed E-state index contributed by atoms with van der Waals surface area (Å²) in [7, 11) is 0. The first-order valence-corrected chi connectivity index (χ1v) is 11.3. The zero-order chi connectivity index (χ0) is 27.0. The van der Waals surface area contributed by atoms with Crippen molar-refractivity contribution in [2.75, 3.05) is 22.5 Å². The van der Waals surface area contributed by atoms with Crippen LogP contribution in [0.1, 0.15) is 34.8 Å². The molecule has 11 N–H and O–H groups in total. The van der Waals surface area contributed by atoms with Gasteiger partial charge in [-0.15, -0.1) is 0 Å². The van der Waals surface area contributed by atoms with Crippen LogP contribution in [0.25, 0.3) is 0 Å². The lowest BCUT2D eigenvalue weighted by Crippen LogP contribution is -2.33. The van der Waals surface area contributed by atoms with Crippen LogP contribution in [0.4, 0.5) is 17.1 Å². The molecule has 0 heterocycles. The molecule has 0 fully saturated rings. The van der Waals surface area contributed by atoms with Gasteiger partial charge >= 0.3 is 5.97 Å². The molecule has 2 aromatic rings. The summed E-state index contributed by atoms with van der Waals surface area (Å²) in [5, 5.41) is 34.5. The van der Waals surface area contributed by atoms with Crippen molar-refractivity contribution in [3.63, 3.8) is 0 Å². The highest BCUT2D eigenvalue weighted by atomic mass is 35.5. The number of amides is 2. The van der Waals surface area contributed by atoms with E-state index in [9.17, 15) is 14.4 Å². The SMILES string of the molecule is CCc1c(Cl)cc(CCC(=O)O)c(NC(=O)CNC(=O)c2cc(NC(=N)N)cc(NC(=N)N)c2)c1Cl. The van der Waals surface area contributed by atoms with Crippen LogP contribution in [0.3, 0.4) is 0 Å².